The lowest BCUT2D eigenvalue weighted by Gasteiger charge is -2.08. The lowest BCUT2D eigenvalue weighted by atomic mass is 10.2. The second-order valence-corrected chi connectivity index (χ2v) is 5.86. The van der Waals surface area contributed by atoms with Crippen LogP contribution in [0.1, 0.15) is 13.3 Å². The largest absolute Gasteiger partial charge is 0.494 e. The molecule has 2 aromatic carbocycles. The molecule has 130 valence electrons. The average Bonchev–Trinajstić information content (AvgIpc) is 3.40. The second kappa shape index (κ2) is 7.34. The van der Waals surface area contributed by atoms with Gasteiger partial charge in [-0.3, -0.25) is 9.59 Å². The highest BCUT2D eigenvalue weighted by Crippen LogP contribution is 2.40. The van der Waals surface area contributed by atoms with E-state index < -0.39 is 17.7 Å². The summed E-state index contributed by atoms with van der Waals surface area (Å²) in [5, 5.41) is 5.32. The van der Waals surface area contributed by atoms with Crippen molar-refractivity contribution in [1.29, 1.82) is 0 Å². The van der Waals surface area contributed by atoms with Crippen molar-refractivity contribution < 1.29 is 18.7 Å². The van der Waals surface area contributed by atoms with E-state index in [2.05, 4.69) is 10.6 Å². The van der Waals surface area contributed by atoms with Gasteiger partial charge in [0.25, 0.3) is 0 Å². The molecule has 2 N–H and O–H groups in total. The van der Waals surface area contributed by atoms with Crippen LogP contribution in [0.5, 0.6) is 5.75 Å². The van der Waals surface area contributed by atoms with E-state index in [1.165, 1.54) is 12.1 Å². The average molecular weight is 342 g/mol. The van der Waals surface area contributed by atoms with Gasteiger partial charge in [-0.2, -0.15) is 0 Å². The minimum absolute atomic E-state index is 0.130. The molecule has 1 saturated carbocycles. The van der Waals surface area contributed by atoms with E-state index in [0.717, 1.165) is 5.75 Å². The smallest absolute Gasteiger partial charge is 0.228 e. The quantitative estimate of drug-likeness (QED) is 0.845. The Morgan fingerprint density at radius 3 is 2.32 bits per heavy atom. The Labute approximate surface area is 145 Å². The summed E-state index contributed by atoms with van der Waals surface area (Å²) in [6, 6.07) is 13.0. The van der Waals surface area contributed by atoms with Crippen LogP contribution in [-0.2, 0) is 9.59 Å². The van der Waals surface area contributed by atoms with Crippen molar-refractivity contribution in [2.24, 2.45) is 11.8 Å². The minimum atomic E-state index is -0.494. The monoisotopic (exact) mass is 342 g/mol. The highest BCUT2D eigenvalue weighted by atomic mass is 19.1. The fourth-order valence-electron chi connectivity index (χ4n) is 2.60. The summed E-state index contributed by atoms with van der Waals surface area (Å²) in [7, 11) is 0. The van der Waals surface area contributed by atoms with Crippen LogP contribution in [0.2, 0.25) is 0 Å². The molecule has 0 aliphatic heterocycles. The fourth-order valence-corrected chi connectivity index (χ4v) is 2.60. The van der Waals surface area contributed by atoms with Crippen LogP contribution in [-0.4, -0.2) is 18.4 Å². The van der Waals surface area contributed by atoms with Crippen LogP contribution in [0, 0.1) is 17.7 Å². The van der Waals surface area contributed by atoms with Gasteiger partial charge in [0.15, 0.2) is 0 Å². The third kappa shape index (κ3) is 4.15. The second-order valence-electron chi connectivity index (χ2n) is 5.86. The zero-order chi connectivity index (χ0) is 17.8. The number of hydrogen-bond acceptors (Lipinski definition) is 3. The molecule has 1 fully saturated rings. The van der Waals surface area contributed by atoms with E-state index in [4.69, 9.17) is 4.74 Å². The van der Waals surface area contributed by atoms with Crippen molar-refractivity contribution in [2.45, 2.75) is 13.3 Å². The molecule has 6 heteroatoms. The lowest BCUT2D eigenvalue weighted by molar-refractivity contribution is -0.122. The van der Waals surface area contributed by atoms with Gasteiger partial charge in [-0.15, -0.1) is 0 Å². The Kier molecular flexibility index (Phi) is 4.97. The molecule has 0 aromatic heterocycles. The Hall–Kier alpha value is -2.89. The standard InChI is InChI=1S/C19H19FN2O3/c1-2-25-13-9-7-12(8-10-13)21-18(23)14-11-15(14)19(24)22-17-6-4-3-5-16(17)20/h3-10,14-15H,2,11H2,1H3,(H,21,23)(H,22,24). The predicted octanol–water partition coefficient (Wildman–Crippen LogP) is 3.44. The third-order valence-electron chi connectivity index (χ3n) is 4.03. The number of hydrogen-bond donors (Lipinski definition) is 2. The van der Waals surface area contributed by atoms with Crippen LogP contribution < -0.4 is 15.4 Å². The first kappa shape index (κ1) is 17.0. The van der Waals surface area contributed by atoms with E-state index in [0.29, 0.717) is 18.7 Å². The first-order valence-corrected chi connectivity index (χ1v) is 8.17. The number of anilines is 2. The molecule has 2 aromatic rings. The SMILES string of the molecule is CCOc1ccc(NC(=O)C2CC2C(=O)Nc2ccccc2F)cc1. The number of nitrogens with one attached hydrogen (secondary N) is 2. The molecule has 3 rings (SSSR count). The first-order chi connectivity index (χ1) is 12.1. The molecule has 2 unspecified atom stereocenters. The van der Waals surface area contributed by atoms with Crippen molar-refractivity contribution >= 4 is 23.2 Å². The van der Waals surface area contributed by atoms with Gasteiger partial charge in [-0.1, -0.05) is 12.1 Å². The van der Waals surface area contributed by atoms with Crippen LogP contribution in [0.3, 0.4) is 0 Å². The molecule has 0 spiro atoms. The number of benzene rings is 2. The minimum Gasteiger partial charge on any atom is -0.494 e. The summed E-state index contributed by atoms with van der Waals surface area (Å²) in [5.74, 6) is -1.13. The van der Waals surface area contributed by atoms with Crippen LogP contribution >= 0.6 is 0 Å². The normalized spacial score (nSPS) is 18.3. The molecule has 0 heterocycles. The van der Waals surface area contributed by atoms with Crippen molar-refractivity contribution in [3.63, 3.8) is 0 Å². The maximum Gasteiger partial charge on any atom is 0.228 e. The van der Waals surface area contributed by atoms with E-state index >= 15 is 0 Å². The molecular weight excluding hydrogens is 323 g/mol. The number of carbonyl (C=O) groups is 2. The third-order valence-corrected chi connectivity index (χ3v) is 4.03. The van der Waals surface area contributed by atoms with Gasteiger partial charge in [0.1, 0.15) is 11.6 Å². The zero-order valence-electron chi connectivity index (χ0n) is 13.8. The number of rotatable bonds is 6. The molecule has 2 atom stereocenters. The molecular formula is C19H19FN2O3. The number of carbonyl (C=O) groups excluding carboxylic acids is 2. The van der Waals surface area contributed by atoms with Gasteiger partial charge in [0.2, 0.25) is 11.8 Å². The summed E-state index contributed by atoms with van der Waals surface area (Å²) in [6.45, 7) is 2.47. The van der Waals surface area contributed by atoms with Gasteiger partial charge in [-0.05, 0) is 49.7 Å². The van der Waals surface area contributed by atoms with Crippen LogP contribution in [0.15, 0.2) is 48.5 Å². The van der Waals surface area contributed by atoms with Crippen molar-refractivity contribution in [2.75, 3.05) is 17.2 Å². The maximum absolute atomic E-state index is 13.6. The van der Waals surface area contributed by atoms with Gasteiger partial charge >= 0.3 is 0 Å². The Balaban J connectivity index is 1.53. The van der Waals surface area contributed by atoms with Crippen molar-refractivity contribution in [3.05, 3.63) is 54.3 Å². The van der Waals surface area contributed by atoms with Gasteiger partial charge < -0.3 is 15.4 Å². The molecule has 1 aliphatic rings. The fraction of sp³-hybridized carbons (Fsp3) is 0.263. The van der Waals surface area contributed by atoms with Crippen LogP contribution in [0.25, 0.3) is 0 Å². The van der Waals surface area contributed by atoms with E-state index in [1.807, 2.05) is 6.92 Å². The summed E-state index contributed by atoms with van der Waals surface area (Å²) >= 11 is 0. The van der Waals surface area contributed by atoms with E-state index in [1.54, 1.807) is 36.4 Å². The number of ether oxygens (including phenoxy) is 1. The van der Waals surface area contributed by atoms with E-state index in [-0.39, 0.29) is 17.5 Å². The first-order valence-electron chi connectivity index (χ1n) is 8.17. The molecule has 1 aliphatic carbocycles. The van der Waals surface area contributed by atoms with Gasteiger partial charge in [-0.25, -0.2) is 4.39 Å². The molecule has 2 amide bonds. The molecule has 0 radical (unpaired) electrons. The maximum atomic E-state index is 13.6. The zero-order valence-corrected chi connectivity index (χ0v) is 13.8. The predicted molar refractivity (Wildman–Crippen MR) is 92.9 cm³/mol. The molecule has 0 saturated heterocycles. The topological polar surface area (TPSA) is 67.4 Å². The Bertz CT molecular complexity index is 776. The van der Waals surface area contributed by atoms with Gasteiger partial charge in [0, 0.05) is 5.69 Å². The lowest BCUT2D eigenvalue weighted by Crippen LogP contribution is -2.21. The molecule has 5 nitrogen and oxygen atoms in total. The summed E-state index contributed by atoms with van der Waals surface area (Å²) in [6.07, 6.45) is 0.461. The Morgan fingerprint density at radius 1 is 1.04 bits per heavy atom. The highest BCUT2D eigenvalue weighted by Gasteiger charge is 2.48. The van der Waals surface area contributed by atoms with Crippen LogP contribution in [0.4, 0.5) is 15.8 Å². The summed E-state index contributed by atoms with van der Waals surface area (Å²) < 4.78 is 18.9. The highest BCUT2D eigenvalue weighted by molar-refractivity contribution is 6.03. The molecule has 0 bridgehead atoms. The molecule has 25 heavy (non-hydrogen) atoms. The van der Waals surface area contributed by atoms with Crippen molar-refractivity contribution in [3.8, 4) is 5.75 Å². The number of amides is 2. The summed E-state index contributed by atoms with van der Waals surface area (Å²) in [5.41, 5.74) is 0.777. The Morgan fingerprint density at radius 2 is 1.68 bits per heavy atom. The number of para-hydroxylation sites is 1. The van der Waals surface area contributed by atoms with Gasteiger partial charge in [0.05, 0.1) is 24.1 Å². The van der Waals surface area contributed by atoms with E-state index in [9.17, 15) is 14.0 Å². The summed E-state index contributed by atoms with van der Waals surface area (Å²) in [4.78, 5) is 24.4. The van der Waals surface area contributed by atoms with Crippen molar-refractivity contribution in [1.82, 2.24) is 0 Å². The number of halogens is 1.